The molecule has 0 spiro atoms. The molecule has 0 heterocycles. The zero-order valence-corrected chi connectivity index (χ0v) is 13.7. The lowest BCUT2D eigenvalue weighted by Crippen LogP contribution is -2.46. The van der Waals surface area contributed by atoms with Gasteiger partial charge in [0, 0.05) is 12.7 Å². The molecule has 7 heteroatoms. The fraction of sp³-hybridized carbons (Fsp3) is 0.462. The van der Waals surface area contributed by atoms with Crippen molar-refractivity contribution in [2.75, 3.05) is 13.7 Å². The van der Waals surface area contributed by atoms with Crippen LogP contribution >= 0.6 is 12.2 Å². The predicted molar refractivity (Wildman–Crippen MR) is 83.3 cm³/mol. The second-order valence-electron chi connectivity index (χ2n) is 5.27. The number of aryl methyl sites for hydroxylation is 1. The van der Waals surface area contributed by atoms with E-state index in [2.05, 4.69) is 4.72 Å². The van der Waals surface area contributed by atoms with Gasteiger partial charge in [0.05, 0.1) is 17.0 Å². The van der Waals surface area contributed by atoms with E-state index in [1.165, 1.54) is 13.2 Å². The highest BCUT2D eigenvalue weighted by molar-refractivity contribution is 7.89. The summed E-state index contributed by atoms with van der Waals surface area (Å²) in [7, 11) is -2.10. The van der Waals surface area contributed by atoms with E-state index in [0.29, 0.717) is 11.1 Å². The maximum Gasteiger partial charge on any atom is 0.241 e. The van der Waals surface area contributed by atoms with Gasteiger partial charge in [0.1, 0.15) is 4.99 Å². The van der Waals surface area contributed by atoms with Gasteiger partial charge in [-0.15, -0.1) is 0 Å². The Hall–Kier alpha value is -1.02. The first-order valence-corrected chi connectivity index (χ1v) is 7.91. The van der Waals surface area contributed by atoms with E-state index in [9.17, 15) is 8.42 Å². The van der Waals surface area contributed by atoms with Crippen molar-refractivity contribution < 1.29 is 13.2 Å². The van der Waals surface area contributed by atoms with Gasteiger partial charge < -0.3 is 10.5 Å². The Labute approximate surface area is 125 Å². The van der Waals surface area contributed by atoms with E-state index >= 15 is 0 Å². The van der Waals surface area contributed by atoms with Gasteiger partial charge in [-0.05, 0) is 38.5 Å². The third-order valence-corrected chi connectivity index (χ3v) is 4.76. The number of ether oxygens (including phenoxy) is 1. The van der Waals surface area contributed by atoms with Crippen LogP contribution in [0.1, 0.15) is 25.0 Å². The van der Waals surface area contributed by atoms with Gasteiger partial charge in [-0.25, -0.2) is 13.1 Å². The number of hydrogen-bond donors (Lipinski definition) is 2. The molecule has 5 nitrogen and oxygen atoms in total. The monoisotopic (exact) mass is 316 g/mol. The Morgan fingerprint density at radius 2 is 2.05 bits per heavy atom. The Kier molecular flexibility index (Phi) is 5.26. The maximum absolute atomic E-state index is 12.4. The third-order valence-electron chi connectivity index (χ3n) is 2.66. The summed E-state index contributed by atoms with van der Waals surface area (Å²) in [4.78, 5) is 0.450. The van der Waals surface area contributed by atoms with Crippen LogP contribution in [0.3, 0.4) is 0 Å². The molecule has 20 heavy (non-hydrogen) atoms. The van der Waals surface area contributed by atoms with Gasteiger partial charge in [-0.3, -0.25) is 0 Å². The number of nitrogens with two attached hydrogens (primary N) is 1. The number of methoxy groups -OCH3 is 1. The van der Waals surface area contributed by atoms with E-state index in [1.807, 2.05) is 0 Å². The zero-order valence-electron chi connectivity index (χ0n) is 12.1. The predicted octanol–water partition coefficient (Wildman–Crippen LogP) is 1.33. The van der Waals surface area contributed by atoms with Gasteiger partial charge in [-0.1, -0.05) is 18.3 Å². The van der Waals surface area contributed by atoms with Crippen molar-refractivity contribution >= 4 is 27.2 Å². The number of nitrogens with one attached hydrogen (secondary N) is 1. The summed E-state index contributed by atoms with van der Waals surface area (Å²) in [6.45, 7) is 5.50. The van der Waals surface area contributed by atoms with Crippen LogP contribution in [0, 0.1) is 6.92 Å². The molecule has 3 N–H and O–H groups in total. The largest absolute Gasteiger partial charge is 0.389 e. The van der Waals surface area contributed by atoms with Crippen LogP contribution in [-0.4, -0.2) is 32.7 Å². The fourth-order valence-electron chi connectivity index (χ4n) is 1.91. The average Bonchev–Trinajstić information content (AvgIpc) is 2.26. The summed E-state index contributed by atoms with van der Waals surface area (Å²) in [6, 6.07) is 4.78. The first-order chi connectivity index (χ1) is 9.09. The molecule has 0 atom stereocenters. The van der Waals surface area contributed by atoms with Crippen LogP contribution in [0.25, 0.3) is 0 Å². The van der Waals surface area contributed by atoms with Crippen molar-refractivity contribution in [2.45, 2.75) is 31.2 Å². The van der Waals surface area contributed by atoms with Crippen molar-refractivity contribution in [1.29, 1.82) is 0 Å². The van der Waals surface area contributed by atoms with Crippen LogP contribution in [-0.2, 0) is 14.8 Å². The van der Waals surface area contributed by atoms with Crippen LogP contribution in [0.5, 0.6) is 0 Å². The highest BCUT2D eigenvalue weighted by Gasteiger charge is 2.27. The molecule has 0 saturated carbocycles. The van der Waals surface area contributed by atoms with E-state index in [-0.39, 0.29) is 16.5 Å². The van der Waals surface area contributed by atoms with E-state index in [1.54, 1.807) is 32.9 Å². The maximum atomic E-state index is 12.4. The van der Waals surface area contributed by atoms with Crippen LogP contribution < -0.4 is 10.5 Å². The second kappa shape index (κ2) is 6.17. The molecule has 112 valence electrons. The number of thiocarbonyl (C=S) groups is 1. The van der Waals surface area contributed by atoms with Crippen molar-refractivity contribution in [3.8, 4) is 0 Å². The molecule has 0 aliphatic rings. The molecule has 0 aliphatic heterocycles. The topological polar surface area (TPSA) is 81.4 Å². The van der Waals surface area contributed by atoms with Crippen molar-refractivity contribution in [3.05, 3.63) is 29.3 Å². The molecule has 1 aromatic rings. The van der Waals surface area contributed by atoms with Gasteiger partial charge in [-0.2, -0.15) is 0 Å². The van der Waals surface area contributed by atoms with Crippen molar-refractivity contribution in [2.24, 2.45) is 5.73 Å². The first kappa shape index (κ1) is 17.0. The molecule has 0 aliphatic carbocycles. The highest BCUT2D eigenvalue weighted by atomic mass is 32.2. The molecule has 0 unspecified atom stereocenters. The smallest absolute Gasteiger partial charge is 0.241 e. The second-order valence-corrected chi connectivity index (χ2v) is 7.36. The molecule has 0 amide bonds. The van der Waals surface area contributed by atoms with Crippen LogP contribution in [0.15, 0.2) is 23.1 Å². The lowest BCUT2D eigenvalue weighted by Gasteiger charge is -2.25. The molecule has 0 bridgehead atoms. The third kappa shape index (κ3) is 4.24. The van der Waals surface area contributed by atoms with Gasteiger partial charge >= 0.3 is 0 Å². The lowest BCUT2D eigenvalue weighted by atomic mass is 10.1. The number of hydrogen-bond acceptors (Lipinski definition) is 4. The Morgan fingerprint density at radius 3 is 2.50 bits per heavy atom. The van der Waals surface area contributed by atoms with Gasteiger partial charge in [0.25, 0.3) is 0 Å². The minimum atomic E-state index is -3.63. The molecule has 0 saturated heterocycles. The van der Waals surface area contributed by atoms with Crippen molar-refractivity contribution in [1.82, 2.24) is 4.72 Å². The Bertz CT molecular complexity index is 610. The van der Waals surface area contributed by atoms with Crippen LogP contribution in [0.4, 0.5) is 0 Å². The minimum Gasteiger partial charge on any atom is -0.389 e. The van der Waals surface area contributed by atoms with Crippen molar-refractivity contribution in [3.63, 3.8) is 0 Å². The first-order valence-electron chi connectivity index (χ1n) is 6.02. The quantitative estimate of drug-likeness (QED) is 0.774. The summed E-state index contributed by atoms with van der Waals surface area (Å²) >= 11 is 4.88. The number of benzene rings is 1. The van der Waals surface area contributed by atoms with E-state index < -0.39 is 15.6 Å². The summed E-state index contributed by atoms with van der Waals surface area (Å²) in [5.41, 5.74) is 6.08. The Morgan fingerprint density at radius 1 is 1.45 bits per heavy atom. The fourth-order valence-corrected chi connectivity index (χ4v) is 3.67. The summed E-state index contributed by atoms with van der Waals surface area (Å²) < 4.78 is 32.4. The number of rotatable bonds is 6. The number of sulfonamides is 1. The Balaban J connectivity index is 3.14. The molecule has 0 radical (unpaired) electrons. The molecule has 0 aromatic heterocycles. The normalized spacial score (nSPS) is 12.4. The standard InChI is InChI=1S/C13H20N2O3S2/c1-9-7-10(12(14)19)5-6-11(9)20(16,17)15-13(2,3)8-18-4/h5-7,15H,8H2,1-4H3,(H2,14,19). The molecule has 0 fully saturated rings. The van der Waals surface area contributed by atoms with Gasteiger partial charge in [0.2, 0.25) is 10.0 Å². The molecular formula is C13H20N2O3S2. The summed E-state index contributed by atoms with van der Waals surface area (Å²) in [5, 5.41) is 0. The zero-order chi connectivity index (χ0) is 15.6. The molecule has 1 rings (SSSR count). The van der Waals surface area contributed by atoms with E-state index in [0.717, 1.165) is 0 Å². The molecular weight excluding hydrogens is 296 g/mol. The minimum absolute atomic E-state index is 0.210. The van der Waals surface area contributed by atoms with Gasteiger partial charge in [0.15, 0.2) is 0 Å². The lowest BCUT2D eigenvalue weighted by molar-refractivity contribution is 0.141. The SMILES string of the molecule is COCC(C)(C)NS(=O)(=O)c1ccc(C(N)=S)cc1C. The van der Waals surface area contributed by atoms with Crippen LogP contribution in [0.2, 0.25) is 0 Å². The summed E-state index contributed by atoms with van der Waals surface area (Å²) in [5.74, 6) is 0. The average molecular weight is 316 g/mol. The van der Waals surface area contributed by atoms with E-state index in [4.69, 9.17) is 22.7 Å². The summed E-state index contributed by atoms with van der Waals surface area (Å²) in [6.07, 6.45) is 0. The highest BCUT2D eigenvalue weighted by Crippen LogP contribution is 2.19. The molecule has 1 aromatic carbocycles.